The van der Waals surface area contributed by atoms with Crippen LogP contribution in [-0.2, 0) is 9.59 Å². The number of carbonyl (C=O) groups excluding carboxylic acids is 1. The molecular formula is C13H13BrClNO3. The van der Waals surface area contributed by atoms with Gasteiger partial charge in [0.1, 0.15) is 0 Å². The Morgan fingerprint density at radius 1 is 1.53 bits per heavy atom. The van der Waals surface area contributed by atoms with Gasteiger partial charge in [0.2, 0.25) is 5.91 Å². The largest absolute Gasteiger partial charge is 0.481 e. The highest BCUT2D eigenvalue weighted by molar-refractivity contribution is 9.10. The van der Waals surface area contributed by atoms with Crippen molar-refractivity contribution in [3.63, 3.8) is 0 Å². The van der Waals surface area contributed by atoms with Gasteiger partial charge in [-0.15, -0.1) is 0 Å². The van der Waals surface area contributed by atoms with Crippen molar-refractivity contribution in [2.45, 2.75) is 18.9 Å². The molecule has 2 rings (SSSR count). The van der Waals surface area contributed by atoms with Gasteiger partial charge in [0.15, 0.2) is 0 Å². The van der Waals surface area contributed by atoms with Crippen LogP contribution in [0.25, 0.3) is 0 Å². The summed E-state index contributed by atoms with van der Waals surface area (Å²) in [6, 6.07) is 4.71. The lowest BCUT2D eigenvalue weighted by atomic mass is 9.85. The Bertz CT molecular complexity index is 535. The zero-order valence-electron chi connectivity index (χ0n) is 10.3. The Labute approximate surface area is 124 Å². The summed E-state index contributed by atoms with van der Waals surface area (Å²) < 4.78 is 0.720. The zero-order valence-corrected chi connectivity index (χ0v) is 12.6. The van der Waals surface area contributed by atoms with Crippen molar-refractivity contribution in [3.8, 4) is 0 Å². The number of carbonyl (C=O) groups is 2. The molecule has 1 aliphatic rings. The number of aliphatic carboxylic acids is 1. The highest BCUT2D eigenvalue weighted by Gasteiger charge is 2.39. The number of hydrogen-bond donors (Lipinski definition) is 1. The van der Waals surface area contributed by atoms with E-state index in [-0.39, 0.29) is 12.3 Å². The van der Waals surface area contributed by atoms with Crippen LogP contribution in [-0.4, -0.2) is 28.9 Å². The van der Waals surface area contributed by atoms with Gasteiger partial charge >= 0.3 is 5.97 Å². The molecule has 4 nitrogen and oxygen atoms in total. The van der Waals surface area contributed by atoms with Gasteiger partial charge < -0.3 is 10.0 Å². The number of likely N-dealkylation sites (tertiary alicyclic amines) is 1. The first-order valence-corrected chi connectivity index (χ1v) is 7.02. The standard InChI is InChI=1S/C13H13BrClNO3/c1-16-11(17)5-4-9(13(18)19)12(16)8-3-2-7(15)6-10(8)14/h2-3,6,9,12H,4-5H2,1H3,(H,18,19). The van der Waals surface area contributed by atoms with Crippen LogP contribution in [0, 0.1) is 5.92 Å². The number of rotatable bonds is 2. The number of hydrogen-bond acceptors (Lipinski definition) is 2. The molecule has 1 aromatic rings. The third-order valence-electron chi connectivity index (χ3n) is 3.46. The molecule has 0 aliphatic carbocycles. The highest BCUT2D eigenvalue weighted by Crippen LogP contribution is 2.39. The molecule has 1 aromatic carbocycles. The van der Waals surface area contributed by atoms with Gasteiger partial charge in [-0.2, -0.15) is 0 Å². The Balaban J connectivity index is 2.46. The average Bonchev–Trinajstić information content (AvgIpc) is 2.33. The molecule has 0 aromatic heterocycles. The molecule has 2 atom stereocenters. The summed E-state index contributed by atoms with van der Waals surface area (Å²) in [6.07, 6.45) is 0.632. The van der Waals surface area contributed by atoms with Crippen LogP contribution in [0.2, 0.25) is 5.02 Å². The Kier molecular flexibility index (Phi) is 4.16. The topological polar surface area (TPSA) is 57.6 Å². The summed E-state index contributed by atoms with van der Waals surface area (Å²) in [5, 5.41) is 9.90. The Morgan fingerprint density at radius 2 is 2.21 bits per heavy atom. The zero-order chi connectivity index (χ0) is 14.2. The second-order valence-corrected chi connectivity index (χ2v) is 5.89. The van der Waals surface area contributed by atoms with Crippen molar-refractivity contribution >= 4 is 39.4 Å². The SMILES string of the molecule is CN1C(=O)CCC(C(=O)O)C1c1ccc(Cl)cc1Br. The number of carboxylic acid groups (broad SMARTS) is 1. The van der Waals surface area contributed by atoms with Gasteiger partial charge in [0.05, 0.1) is 12.0 Å². The van der Waals surface area contributed by atoms with Crippen LogP contribution >= 0.6 is 27.5 Å². The molecule has 1 heterocycles. The van der Waals surface area contributed by atoms with E-state index in [4.69, 9.17) is 11.6 Å². The summed E-state index contributed by atoms with van der Waals surface area (Å²) in [5.74, 6) is -1.52. The molecule has 0 saturated carbocycles. The van der Waals surface area contributed by atoms with Crippen LogP contribution < -0.4 is 0 Å². The summed E-state index contributed by atoms with van der Waals surface area (Å²) >= 11 is 9.28. The number of halogens is 2. The van der Waals surface area contributed by atoms with Crippen LogP contribution in [0.5, 0.6) is 0 Å². The quantitative estimate of drug-likeness (QED) is 0.895. The van der Waals surface area contributed by atoms with Gasteiger partial charge in [0.25, 0.3) is 0 Å². The van der Waals surface area contributed by atoms with E-state index in [9.17, 15) is 14.7 Å². The van der Waals surface area contributed by atoms with E-state index in [0.717, 1.165) is 10.0 Å². The fraction of sp³-hybridized carbons (Fsp3) is 0.385. The molecule has 102 valence electrons. The fourth-order valence-electron chi connectivity index (χ4n) is 2.46. The van der Waals surface area contributed by atoms with E-state index in [1.165, 1.54) is 4.90 Å². The van der Waals surface area contributed by atoms with Crippen LogP contribution in [0.4, 0.5) is 0 Å². The first kappa shape index (κ1) is 14.3. The number of amides is 1. The molecule has 6 heteroatoms. The normalized spacial score (nSPS) is 23.5. The predicted octanol–water partition coefficient (Wildman–Crippen LogP) is 3.10. The van der Waals surface area contributed by atoms with Crippen LogP contribution in [0.15, 0.2) is 22.7 Å². The average molecular weight is 347 g/mol. The summed E-state index contributed by atoms with van der Waals surface area (Å²) in [5.41, 5.74) is 0.771. The summed E-state index contributed by atoms with van der Waals surface area (Å²) in [7, 11) is 1.64. The minimum Gasteiger partial charge on any atom is -0.481 e. The molecule has 1 amide bonds. The fourth-order valence-corrected chi connectivity index (χ4v) is 3.38. The molecule has 1 fully saturated rings. The number of carboxylic acids is 1. The van der Waals surface area contributed by atoms with E-state index in [0.29, 0.717) is 11.4 Å². The Morgan fingerprint density at radius 3 is 2.79 bits per heavy atom. The van der Waals surface area contributed by atoms with E-state index in [2.05, 4.69) is 15.9 Å². The first-order chi connectivity index (χ1) is 8.91. The van der Waals surface area contributed by atoms with Gasteiger partial charge in [-0.3, -0.25) is 9.59 Å². The van der Waals surface area contributed by atoms with Crippen LogP contribution in [0.1, 0.15) is 24.4 Å². The maximum atomic E-state index is 11.8. The maximum Gasteiger partial charge on any atom is 0.308 e. The molecule has 1 aliphatic heterocycles. The minimum absolute atomic E-state index is 0.0376. The lowest BCUT2D eigenvalue weighted by molar-refractivity contribution is -0.150. The van der Waals surface area contributed by atoms with Gasteiger partial charge in [-0.05, 0) is 24.1 Å². The molecule has 1 saturated heterocycles. The number of benzene rings is 1. The van der Waals surface area contributed by atoms with E-state index >= 15 is 0 Å². The van der Waals surface area contributed by atoms with Crippen molar-refractivity contribution in [1.82, 2.24) is 4.90 Å². The third kappa shape index (κ3) is 2.77. The maximum absolute atomic E-state index is 11.8. The molecule has 0 radical (unpaired) electrons. The Hall–Kier alpha value is -1.07. The first-order valence-electron chi connectivity index (χ1n) is 5.85. The molecule has 0 spiro atoms. The van der Waals surface area contributed by atoms with Gasteiger partial charge in [0, 0.05) is 23.0 Å². The van der Waals surface area contributed by atoms with E-state index in [1.807, 2.05) is 0 Å². The van der Waals surface area contributed by atoms with Crippen molar-refractivity contribution in [2.24, 2.45) is 5.92 Å². The van der Waals surface area contributed by atoms with Crippen molar-refractivity contribution in [2.75, 3.05) is 7.05 Å². The predicted molar refractivity (Wildman–Crippen MR) is 75.0 cm³/mol. The lowest BCUT2D eigenvalue weighted by Crippen LogP contribution is -2.43. The van der Waals surface area contributed by atoms with E-state index < -0.39 is 17.9 Å². The second kappa shape index (κ2) is 5.51. The molecule has 0 bridgehead atoms. The van der Waals surface area contributed by atoms with E-state index in [1.54, 1.807) is 25.2 Å². The molecule has 1 N–H and O–H groups in total. The lowest BCUT2D eigenvalue weighted by Gasteiger charge is -2.37. The molecule has 19 heavy (non-hydrogen) atoms. The minimum atomic E-state index is -0.883. The number of nitrogens with zero attached hydrogens (tertiary/aromatic N) is 1. The third-order valence-corrected chi connectivity index (χ3v) is 4.38. The highest BCUT2D eigenvalue weighted by atomic mass is 79.9. The summed E-state index contributed by atoms with van der Waals surface area (Å²) in [4.78, 5) is 24.7. The monoisotopic (exact) mass is 345 g/mol. The second-order valence-electron chi connectivity index (χ2n) is 4.60. The van der Waals surface area contributed by atoms with Gasteiger partial charge in [-0.1, -0.05) is 33.6 Å². The molecular weight excluding hydrogens is 334 g/mol. The number of piperidine rings is 1. The van der Waals surface area contributed by atoms with Crippen molar-refractivity contribution in [3.05, 3.63) is 33.3 Å². The molecule has 2 unspecified atom stereocenters. The smallest absolute Gasteiger partial charge is 0.308 e. The van der Waals surface area contributed by atoms with Crippen LogP contribution in [0.3, 0.4) is 0 Å². The van der Waals surface area contributed by atoms with Crippen molar-refractivity contribution in [1.29, 1.82) is 0 Å². The van der Waals surface area contributed by atoms with Gasteiger partial charge in [-0.25, -0.2) is 0 Å². The van der Waals surface area contributed by atoms with Crippen molar-refractivity contribution < 1.29 is 14.7 Å². The summed E-state index contributed by atoms with van der Waals surface area (Å²) in [6.45, 7) is 0.